The van der Waals surface area contributed by atoms with Crippen molar-refractivity contribution in [2.75, 3.05) is 32.4 Å². The maximum Gasteiger partial charge on any atom is 0.244 e. The SMILES string of the molecule is CS(=O)(=O)C1(C(=O)N2CCC(c3ccc(Cl)cc3)C2)CCNCC1.Cl. The number of benzene rings is 1. The van der Waals surface area contributed by atoms with E-state index in [9.17, 15) is 13.2 Å². The molecule has 0 radical (unpaired) electrons. The second-order valence-corrected chi connectivity index (χ2v) is 9.57. The number of hydrogen-bond acceptors (Lipinski definition) is 4. The van der Waals surface area contributed by atoms with E-state index in [-0.39, 0.29) is 24.2 Å². The lowest BCUT2D eigenvalue weighted by Gasteiger charge is -2.37. The van der Waals surface area contributed by atoms with E-state index < -0.39 is 14.6 Å². The van der Waals surface area contributed by atoms with Crippen molar-refractivity contribution >= 4 is 39.8 Å². The minimum Gasteiger partial charge on any atom is -0.341 e. The quantitative estimate of drug-likeness (QED) is 0.835. The average molecular weight is 407 g/mol. The molecule has 0 aromatic heterocycles. The molecule has 0 saturated carbocycles. The molecule has 2 aliphatic rings. The molecule has 140 valence electrons. The number of carbonyl (C=O) groups is 1. The fourth-order valence-electron chi connectivity index (χ4n) is 3.81. The van der Waals surface area contributed by atoms with Gasteiger partial charge in [0.25, 0.3) is 0 Å². The standard InChI is InChI=1S/C17H23ClN2O3S.ClH/c1-24(22,23)17(7-9-19-10-8-17)16(21)20-11-6-14(12-20)13-2-4-15(18)5-3-13;/h2-5,14,19H,6-12H2,1H3;1H. The number of carbonyl (C=O) groups excluding carboxylic acids is 1. The number of nitrogens with one attached hydrogen (secondary N) is 1. The molecule has 2 saturated heterocycles. The van der Waals surface area contributed by atoms with Crippen LogP contribution in [-0.2, 0) is 14.6 Å². The van der Waals surface area contributed by atoms with Gasteiger partial charge in [-0.3, -0.25) is 4.79 Å². The molecular weight excluding hydrogens is 383 g/mol. The molecular formula is C17H24Cl2N2O3S. The molecule has 0 spiro atoms. The Kier molecular flexibility index (Phi) is 6.41. The Bertz CT molecular complexity index is 716. The molecule has 1 amide bonds. The second-order valence-electron chi connectivity index (χ2n) is 6.80. The fraction of sp³-hybridized carbons (Fsp3) is 0.588. The normalized spacial score (nSPS) is 23.1. The van der Waals surface area contributed by atoms with Crippen LogP contribution in [0.3, 0.4) is 0 Å². The minimum absolute atomic E-state index is 0. The number of halogens is 2. The average Bonchev–Trinajstić information content (AvgIpc) is 3.04. The number of hydrogen-bond donors (Lipinski definition) is 1. The Labute approximate surface area is 160 Å². The molecule has 2 fully saturated rings. The highest BCUT2D eigenvalue weighted by molar-refractivity contribution is 7.92. The third kappa shape index (κ3) is 3.97. The minimum atomic E-state index is -3.46. The summed E-state index contributed by atoms with van der Waals surface area (Å²) in [6.45, 7) is 2.31. The Morgan fingerprint density at radius 2 is 1.84 bits per heavy atom. The van der Waals surface area contributed by atoms with E-state index in [2.05, 4.69) is 5.32 Å². The van der Waals surface area contributed by atoms with Crippen molar-refractivity contribution in [1.82, 2.24) is 10.2 Å². The van der Waals surface area contributed by atoms with Gasteiger partial charge in [0, 0.05) is 30.3 Å². The molecule has 8 heteroatoms. The summed E-state index contributed by atoms with van der Waals surface area (Å²) in [5, 5.41) is 3.84. The van der Waals surface area contributed by atoms with Gasteiger partial charge in [-0.1, -0.05) is 23.7 Å². The highest BCUT2D eigenvalue weighted by Gasteiger charge is 2.51. The molecule has 2 aliphatic heterocycles. The van der Waals surface area contributed by atoms with Crippen LogP contribution in [0.25, 0.3) is 0 Å². The number of piperidine rings is 1. The third-order valence-electron chi connectivity index (χ3n) is 5.33. The van der Waals surface area contributed by atoms with Crippen LogP contribution < -0.4 is 5.32 Å². The van der Waals surface area contributed by atoms with Crippen LogP contribution in [0.4, 0.5) is 0 Å². The lowest BCUT2D eigenvalue weighted by atomic mass is 9.95. The van der Waals surface area contributed by atoms with E-state index in [4.69, 9.17) is 11.6 Å². The molecule has 25 heavy (non-hydrogen) atoms. The first-order chi connectivity index (χ1) is 11.3. The monoisotopic (exact) mass is 406 g/mol. The smallest absolute Gasteiger partial charge is 0.244 e. The van der Waals surface area contributed by atoms with E-state index in [1.165, 1.54) is 6.26 Å². The lowest BCUT2D eigenvalue weighted by Crippen LogP contribution is -2.57. The summed E-state index contributed by atoms with van der Waals surface area (Å²) in [4.78, 5) is 14.8. The van der Waals surface area contributed by atoms with E-state index in [0.29, 0.717) is 44.0 Å². The van der Waals surface area contributed by atoms with Gasteiger partial charge in [-0.15, -0.1) is 12.4 Å². The molecule has 5 nitrogen and oxygen atoms in total. The van der Waals surface area contributed by atoms with Crippen molar-refractivity contribution < 1.29 is 13.2 Å². The van der Waals surface area contributed by atoms with Crippen LogP contribution in [0.5, 0.6) is 0 Å². The summed E-state index contributed by atoms with van der Waals surface area (Å²) in [6, 6.07) is 7.67. The van der Waals surface area contributed by atoms with Gasteiger partial charge in [0.05, 0.1) is 0 Å². The Balaban J connectivity index is 0.00000225. The van der Waals surface area contributed by atoms with Gasteiger partial charge < -0.3 is 10.2 Å². The third-order valence-corrected chi connectivity index (χ3v) is 7.58. The van der Waals surface area contributed by atoms with Gasteiger partial charge in [-0.05, 0) is 50.0 Å². The number of nitrogens with zero attached hydrogens (tertiary/aromatic N) is 1. The van der Waals surface area contributed by atoms with Crippen molar-refractivity contribution in [1.29, 1.82) is 0 Å². The number of likely N-dealkylation sites (tertiary alicyclic amines) is 1. The van der Waals surface area contributed by atoms with Crippen molar-refractivity contribution in [2.24, 2.45) is 0 Å². The molecule has 1 aromatic carbocycles. The largest absolute Gasteiger partial charge is 0.341 e. The summed E-state index contributed by atoms with van der Waals surface area (Å²) >= 11 is 5.93. The Morgan fingerprint density at radius 3 is 2.40 bits per heavy atom. The number of rotatable bonds is 3. The number of amides is 1. The fourth-order valence-corrected chi connectivity index (χ4v) is 5.33. The van der Waals surface area contributed by atoms with E-state index >= 15 is 0 Å². The molecule has 1 N–H and O–H groups in total. The summed E-state index contributed by atoms with van der Waals surface area (Å²) < 4.78 is 23.6. The first kappa shape index (κ1) is 20.5. The highest BCUT2D eigenvalue weighted by Crippen LogP contribution is 2.34. The van der Waals surface area contributed by atoms with Gasteiger partial charge in [-0.25, -0.2) is 8.42 Å². The summed E-state index contributed by atoms with van der Waals surface area (Å²) in [6.07, 6.45) is 2.76. The van der Waals surface area contributed by atoms with E-state index in [1.54, 1.807) is 4.90 Å². The van der Waals surface area contributed by atoms with Crippen molar-refractivity contribution in [3.05, 3.63) is 34.9 Å². The predicted molar refractivity (Wildman–Crippen MR) is 102 cm³/mol. The summed E-state index contributed by atoms with van der Waals surface area (Å²) in [7, 11) is -3.46. The first-order valence-electron chi connectivity index (χ1n) is 8.29. The van der Waals surface area contributed by atoms with Gasteiger partial charge in [-0.2, -0.15) is 0 Å². The molecule has 2 heterocycles. The molecule has 0 aliphatic carbocycles. The van der Waals surface area contributed by atoms with Crippen molar-refractivity contribution in [3.8, 4) is 0 Å². The van der Waals surface area contributed by atoms with Crippen molar-refractivity contribution in [3.63, 3.8) is 0 Å². The van der Waals surface area contributed by atoms with Gasteiger partial charge in [0.15, 0.2) is 14.6 Å². The van der Waals surface area contributed by atoms with Gasteiger partial charge >= 0.3 is 0 Å². The van der Waals surface area contributed by atoms with Crippen LogP contribution in [0.1, 0.15) is 30.7 Å². The van der Waals surface area contributed by atoms with Crippen LogP contribution in [0.15, 0.2) is 24.3 Å². The zero-order valence-corrected chi connectivity index (χ0v) is 16.6. The molecule has 1 unspecified atom stereocenters. The van der Waals surface area contributed by atoms with Gasteiger partial charge in [0.2, 0.25) is 5.91 Å². The van der Waals surface area contributed by atoms with E-state index in [0.717, 1.165) is 12.0 Å². The zero-order valence-electron chi connectivity index (χ0n) is 14.2. The Morgan fingerprint density at radius 1 is 1.24 bits per heavy atom. The summed E-state index contributed by atoms with van der Waals surface area (Å²) in [5.41, 5.74) is 1.15. The van der Waals surface area contributed by atoms with Crippen LogP contribution in [0.2, 0.25) is 5.02 Å². The first-order valence-corrected chi connectivity index (χ1v) is 10.6. The molecule has 0 bridgehead atoms. The van der Waals surface area contributed by atoms with Gasteiger partial charge in [0.1, 0.15) is 0 Å². The molecule has 3 rings (SSSR count). The van der Waals surface area contributed by atoms with Crippen LogP contribution in [0, 0.1) is 0 Å². The van der Waals surface area contributed by atoms with Crippen LogP contribution in [-0.4, -0.2) is 56.4 Å². The second kappa shape index (κ2) is 7.82. The van der Waals surface area contributed by atoms with E-state index in [1.807, 2.05) is 24.3 Å². The lowest BCUT2D eigenvalue weighted by molar-refractivity contribution is -0.133. The summed E-state index contributed by atoms with van der Waals surface area (Å²) in [5.74, 6) is 0.0208. The Hall–Kier alpha value is -0.820. The highest BCUT2D eigenvalue weighted by atomic mass is 35.5. The molecule has 1 atom stereocenters. The topological polar surface area (TPSA) is 66.5 Å². The van der Waals surface area contributed by atoms with Crippen LogP contribution >= 0.6 is 24.0 Å². The molecule has 1 aromatic rings. The van der Waals surface area contributed by atoms with Crippen molar-refractivity contribution in [2.45, 2.75) is 29.9 Å². The number of sulfone groups is 1. The maximum absolute atomic E-state index is 13.1. The maximum atomic E-state index is 13.1. The zero-order chi connectivity index (χ0) is 17.4. The predicted octanol–water partition coefficient (Wildman–Crippen LogP) is 2.24.